The molecule has 0 atom stereocenters. The summed E-state index contributed by atoms with van der Waals surface area (Å²) in [7, 11) is 3.75. The highest BCUT2D eigenvalue weighted by Crippen LogP contribution is 2.33. The lowest BCUT2D eigenvalue weighted by molar-refractivity contribution is 0.0963. The molecule has 0 bridgehead atoms. The first-order valence-electron chi connectivity index (χ1n) is 14.1. The van der Waals surface area contributed by atoms with Gasteiger partial charge in [0.2, 0.25) is 0 Å². The van der Waals surface area contributed by atoms with Gasteiger partial charge in [-0.05, 0) is 62.1 Å². The summed E-state index contributed by atoms with van der Waals surface area (Å²) in [6.45, 7) is 3.59. The van der Waals surface area contributed by atoms with Gasteiger partial charge in [-0.2, -0.15) is 5.10 Å². The molecule has 6 heterocycles. The van der Waals surface area contributed by atoms with Gasteiger partial charge in [0, 0.05) is 62.9 Å². The molecular formula is C30H32N8O3. The SMILES string of the molecule is CN1CCn2nc(Nc3cc(-c4ccnc(N5CCn6c(cc7c6CCCC7)C5=O)c4C=O)cn(C)c3=O)cc2C1. The number of carbonyl (C=O) groups is 2. The van der Waals surface area contributed by atoms with E-state index in [9.17, 15) is 14.4 Å². The van der Waals surface area contributed by atoms with Crippen LogP contribution in [0.5, 0.6) is 0 Å². The van der Waals surface area contributed by atoms with Crippen LogP contribution in [0, 0.1) is 0 Å². The zero-order chi connectivity index (χ0) is 28.2. The molecule has 2 aliphatic heterocycles. The number of aromatic nitrogens is 5. The van der Waals surface area contributed by atoms with Crippen LogP contribution in [0.1, 0.15) is 50.6 Å². The summed E-state index contributed by atoms with van der Waals surface area (Å²) in [5.74, 6) is 0.790. The fraction of sp³-hybridized carbons (Fsp3) is 0.367. The van der Waals surface area contributed by atoms with E-state index in [0.717, 1.165) is 57.3 Å². The van der Waals surface area contributed by atoms with Gasteiger partial charge in [0.25, 0.3) is 11.5 Å². The number of rotatable bonds is 5. The second-order valence-electron chi connectivity index (χ2n) is 11.2. The lowest BCUT2D eigenvalue weighted by atomic mass is 9.98. The van der Waals surface area contributed by atoms with Crippen molar-refractivity contribution in [2.24, 2.45) is 7.05 Å². The van der Waals surface area contributed by atoms with Gasteiger partial charge in [0.15, 0.2) is 12.1 Å². The van der Waals surface area contributed by atoms with E-state index in [1.807, 2.05) is 16.8 Å². The highest BCUT2D eigenvalue weighted by Gasteiger charge is 2.32. The predicted molar refractivity (Wildman–Crippen MR) is 155 cm³/mol. The van der Waals surface area contributed by atoms with Gasteiger partial charge < -0.3 is 14.5 Å². The number of amides is 1. The van der Waals surface area contributed by atoms with Crippen molar-refractivity contribution in [3.63, 3.8) is 0 Å². The fourth-order valence-corrected chi connectivity index (χ4v) is 6.43. The summed E-state index contributed by atoms with van der Waals surface area (Å²) in [6, 6.07) is 7.46. The number of hydrogen-bond donors (Lipinski definition) is 1. The third-order valence-electron chi connectivity index (χ3n) is 8.51. The topological polar surface area (TPSA) is 110 Å². The molecule has 0 spiro atoms. The second-order valence-corrected chi connectivity index (χ2v) is 11.2. The minimum absolute atomic E-state index is 0.143. The number of fused-ring (bicyclic) bond motifs is 4. The molecule has 4 aromatic heterocycles. The van der Waals surface area contributed by atoms with Crippen LogP contribution in [0.4, 0.5) is 17.3 Å². The third kappa shape index (κ3) is 4.28. The van der Waals surface area contributed by atoms with E-state index in [2.05, 4.69) is 31.9 Å². The number of nitrogens with one attached hydrogen (secondary N) is 1. The number of nitrogens with zero attached hydrogens (tertiary/aromatic N) is 7. The smallest absolute Gasteiger partial charge is 0.276 e. The van der Waals surface area contributed by atoms with E-state index in [1.165, 1.54) is 15.8 Å². The summed E-state index contributed by atoms with van der Waals surface area (Å²) in [4.78, 5) is 47.7. The van der Waals surface area contributed by atoms with Crippen molar-refractivity contribution in [1.29, 1.82) is 0 Å². The molecule has 1 aliphatic carbocycles. The zero-order valence-electron chi connectivity index (χ0n) is 23.3. The van der Waals surface area contributed by atoms with Crippen LogP contribution in [-0.2, 0) is 39.5 Å². The van der Waals surface area contributed by atoms with Crippen LogP contribution in [0.25, 0.3) is 11.1 Å². The standard InChI is InChI=1S/C30H32N8O3/c1-34-9-12-38-21(17-34)15-27(33-38)32-24-13-20(16-35(2)29(24)40)22-7-8-31-28(23(22)18-39)37-11-10-36-25-6-4-3-5-19(25)14-26(36)30(37)41/h7-8,13-16,18H,3-6,9-12,17H2,1-2H3,(H,32,33). The number of carbonyl (C=O) groups excluding carboxylic acids is 2. The van der Waals surface area contributed by atoms with Crippen LogP contribution < -0.4 is 15.8 Å². The largest absolute Gasteiger partial charge is 0.339 e. The molecule has 11 heteroatoms. The van der Waals surface area contributed by atoms with E-state index in [0.29, 0.717) is 52.8 Å². The Hall–Kier alpha value is -4.51. The van der Waals surface area contributed by atoms with Crippen molar-refractivity contribution in [2.45, 2.75) is 45.3 Å². The van der Waals surface area contributed by atoms with Gasteiger partial charge in [0.1, 0.15) is 17.2 Å². The number of aryl methyl sites for hydroxylation is 2. The maximum atomic E-state index is 13.7. The van der Waals surface area contributed by atoms with E-state index >= 15 is 0 Å². The highest BCUT2D eigenvalue weighted by atomic mass is 16.2. The molecule has 1 N–H and O–H groups in total. The molecule has 1 amide bonds. The molecule has 0 aromatic carbocycles. The van der Waals surface area contributed by atoms with Gasteiger partial charge in [-0.3, -0.25) is 28.9 Å². The van der Waals surface area contributed by atoms with E-state index in [1.54, 1.807) is 36.5 Å². The molecule has 11 nitrogen and oxygen atoms in total. The first-order valence-corrected chi connectivity index (χ1v) is 14.1. The quantitative estimate of drug-likeness (QED) is 0.379. The summed E-state index contributed by atoms with van der Waals surface area (Å²) in [5.41, 5.74) is 5.98. The summed E-state index contributed by atoms with van der Waals surface area (Å²) < 4.78 is 5.59. The first-order chi connectivity index (χ1) is 19.9. The normalized spacial score (nSPS) is 16.7. The Morgan fingerprint density at radius 1 is 1.00 bits per heavy atom. The zero-order valence-corrected chi connectivity index (χ0v) is 23.3. The second kappa shape index (κ2) is 9.84. The molecular weight excluding hydrogens is 520 g/mol. The summed E-state index contributed by atoms with van der Waals surface area (Å²) in [6.07, 6.45) is 8.34. The lowest BCUT2D eigenvalue weighted by Gasteiger charge is -2.30. The monoisotopic (exact) mass is 552 g/mol. The van der Waals surface area contributed by atoms with Crippen LogP contribution in [0.3, 0.4) is 0 Å². The molecule has 0 saturated carbocycles. The van der Waals surface area contributed by atoms with Gasteiger partial charge in [-0.1, -0.05) is 0 Å². The Balaban J connectivity index is 1.24. The molecule has 7 rings (SSSR count). The third-order valence-corrected chi connectivity index (χ3v) is 8.51. The minimum atomic E-state index is -0.213. The van der Waals surface area contributed by atoms with Gasteiger partial charge in [0.05, 0.1) is 17.8 Å². The van der Waals surface area contributed by atoms with Crippen molar-refractivity contribution in [3.05, 3.63) is 75.2 Å². The van der Waals surface area contributed by atoms with Gasteiger partial charge in [-0.25, -0.2) is 4.98 Å². The van der Waals surface area contributed by atoms with Crippen molar-refractivity contribution in [3.8, 4) is 11.1 Å². The van der Waals surface area contributed by atoms with Gasteiger partial charge >= 0.3 is 0 Å². The van der Waals surface area contributed by atoms with E-state index in [4.69, 9.17) is 0 Å². The maximum absolute atomic E-state index is 13.7. The Morgan fingerprint density at radius 3 is 2.71 bits per heavy atom. The molecule has 0 unspecified atom stereocenters. The predicted octanol–water partition coefficient (Wildman–Crippen LogP) is 2.99. The average molecular weight is 553 g/mol. The molecule has 0 saturated heterocycles. The van der Waals surface area contributed by atoms with Crippen molar-refractivity contribution >= 4 is 29.5 Å². The Kier molecular flexibility index (Phi) is 6.11. The van der Waals surface area contributed by atoms with E-state index < -0.39 is 0 Å². The minimum Gasteiger partial charge on any atom is -0.339 e. The Labute approximate surface area is 237 Å². The van der Waals surface area contributed by atoms with Crippen LogP contribution in [0.2, 0.25) is 0 Å². The van der Waals surface area contributed by atoms with Crippen LogP contribution >= 0.6 is 0 Å². The Bertz CT molecular complexity index is 1760. The average Bonchev–Trinajstić information content (AvgIpc) is 3.56. The van der Waals surface area contributed by atoms with Crippen molar-refractivity contribution < 1.29 is 9.59 Å². The summed E-state index contributed by atoms with van der Waals surface area (Å²) in [5, 5.41) is 7.83. The number of pyridine rings is 2. The van der Waals surface area contributed by atoms with Crippen LogP contribution in [-0.4, -0.2) is 61.1 Å². The first kappa shape index (κ1) is 25.5. The fourth-order valence-electron chi connectivity index (χ4n) is 6.43. The molecule has 0 radical (unpaired) electrons. The molecule has 41 heavy (non-hydrogen) atoms. The number of aldehydes is 1. The maximum Gasteiger partial charge on any atom is 0.276 e. The summed E-state index contributed by atoms with van der Waals surface area (Å²) >= 11 is 0. The molecule has 4 aromatic rings. The lowest BCUT2D eigenvalue weighted by Crippen LogP contribution is -2.41. The van der Waals surface area contributed by atoms with Crippen molar-refractivity contribution in [2.75, 3.05) is 30.4 Å². The highest BCUT2D eigenvalue weighted by molar-refractivity contribution is 6.08. The Morgan fingerprint density at radius 2 is 1.85 bits per heavy atom. The van der Waals surface area contributed by atoms with E-state index in [-0.39, 0.29) is 11.5 Å². The molecule has 210 valence electrons. The number of anilines is 3. The van der Waals surface area contributed by atoms with Crippen LogP contribution in [0.15, 0.2) is 41.5 Å². The number of hydrogen-bond acceptors (Lipinski definition) is 7. The van der Waals surface area contributed by atoms with Gasteiger partial charge in [-0.15, -0.1) is 0 Å². The van der Waals surface area contributed by atoms with Crippen molar-refractivity contribution in [1.82, 2.24) is 28.8 Å². The molecule has 3 aliphatic rings. The molecule has 0 fully saturated rings. The number of likely N-dealkylation sites (N-methyl/N-ethyl adjacent to an activating group) is 1.